The minimum atomic E-state index is -0.806. The average molecular weight is 270 g/mol. The molecular weight excluding hydrogens is 248 g/mol. The van der Waals surface area contributed by atoms with Crippen LogP contribution in [-0.4, -0.2) is 61.3 Å². The molecule has 2 aliphatic rings. The SMILES string of the molecule is COCCC(=O)N1CC[C@@H](O)[C@@]2(CCCNC2=O)C1. The first-order valence-corrected chi connectivity index (χ1v) is 6.83. The highest BCUT2D eigenvalue weighted by molar-refractivity contribution is 5.86. The van der Waals surface area contributed by atoms with Crippen LogP contribution in [-0.2, 0) is 14.3 Å². The van der Waals surface area contributed by atoms with Gasteiger partial charge >= 0.3 is 0 Å². The second-order valence-electron chi connectivity index (χ2n) is 5.38. The summed E-state index contributed by atoms with van der Waals surface area (Å²) in [6.45, 7) is 1.88. The first-order chi connectivity index (χ1) is 9.10. The Balaban J connectivity index is 2.07. The van der Waals surface area contributed by atoms with Crippen molar-refractivity contribution >= 4 is 11.8 Å². The maximum absolute atomic E-state index is 12.1. The van der Waals surface area contributed by atoms with Gasteiger partial charge in [0.2, 0.25) is 11.8 Å². The number of piperidine rings is 2. The lowest BCUT2D eigenvalue weighted by Crippen LogP contribution is -2.62. The highest BCUT2D eigenvalue weighted by Crippen LogP contribution is 2.37. The number of carbonyl (C=O) groups is 2. The molecule has 2 saturated heterocycles. The molecule has 6 heteroatoms. The fourth-order valence-corrected chi connectivity index (χ4v) is 3.00. The molecule has 19 heavy (non-hydrogen) atoms. The van der Waals surface area contributed by atoms with Crippen LogP contribution < -0.4 is 5.32 Å². The largest absolute Gasteiger partial charge is 0.392 e. The van der Waals surface area contributed by atoms with Crippen LogP contribution in [0.4, 0.5) is 0 Å². The number of methoxy groups -OCH3 is 1. The molecule has 2 fully saturated rings. The van der Waals surface area contributed by atoms with Crippen LogP contribution in [0.2, 0.25) is 0 Å². The van der Waals surface area contributed by atoms with Crippen molar-refractivity contribution in [3.63, 3.8) is 0 Å². The van der Waals surface area contributed by atoms with E-state index in [0.717, 1.165) is 6.42 Å². The molecule has 2 heterocycles. The number of hydrogen-bond donors (Lipinski definition) is 2. The molecule has 108 valence electrons. The summed E-state index contributed by atoms with van der Waals surface area (Å²) < 4.78 is 4.91. The van der Waals surface area contributed by atoms with Crippen molar-refractivity contribution in [2.45, 2.75) is 31.8 Å². The molecule has 0 aromatic carbocycles. The minimum absolute atomic E-state index is 0.00787. The van der Waals surface area contributed by atoms with Crippen LogP contribution in [0.5, 0.6) is 0 Å². The number of hydrogen-bond acceptors (Lipinski definition) is 4. The molecule has 6 nitrogen and oxygen atoms in total. The Kier molecular flexibility index (Phi) is 4.42. The molecule has 2 rings (SSSR count). The fraction of sp³-hybridized carbons (Fsp3) is 0.846. The van der Waals surface area contributed by atoms with Crippen LogP contribution >= 0.6 is 0 Å². The van der Waals surface area contributed by atoms with Crippen LogP contribution in [0.15, 0.2) is 0 Å². The van der Waals surface area contributed by atoms with Crippen LogP contribution in [0.1, 0.15) is 25.7 Å². The lowest BCUT2D eigenvalue weighted by Gasteiger charge is -2.46. The Morgan fingerprint density at radius 2 is 2.42 bits per heavy atom. The monoisotopic (exact) mass is 270 g/mol. The van der Waals surface area contributed by atoms with Gasteiger partial charge in [0.05, 0.1) is 24.5 Å². The highest BCUT2D eigenvalue weighted by Gasteiger charge is 2.50. The van der Waals surface area contributed by atoms with E-state index in [1.54, 1.807) is 12.0 Å². The summed E-state index contributed by atoms with van der Waals surface area (Å²) in [7, 11) is 1.56. The van der Waals surface area contributed by atoms with E-state index in [0.29, 0.717) is 45.5 Å². The molecule has 2 aliphatic heterocycles. The van der Waals surface area contributed by atoms with Gasteiger partial charge in [0.25, 0.3) is 0 Å². The van der Waals surface area contributed by atoms with E-state index in [4.69, 9.17) is 4.74 Å². The Morgan fingerprint density at radius 3 is 3.11 bits per heavy atom. The third-order valence-electron chi connectivity index (χ3n) is 4.19. The van der Waals surface area contributed by atoms with Gasteiger partial charge < -0.3 is 20.1 Å². The number of ether oxygens (including phenoxy) is 1. The number of nitrogens with zero attached hydrogens (tertiary/aromatic N) is 1. The molecule has 0 unspecified atom stereocenters. The molecule has 1 spiro atoms. The molecule has 0 aromatic heterocycles. The summed E-state index contributed by atoms with van der Waals surface area (Å²) in [5, 5.41) is 13.0. The van der Waals surface area contributed by atoms with Gasteiger partial charge in [-0.15, -0.1) is 0 Å². The third-order valence-corrected chi connectivity index (χ3v) is 4.19. The highest BCUT2D eigenvalue weighted by atomic mass is 16.5. The summed E-state index contributed by atoms with van der Waals surface area (Å²) in [4.78, 5) is 25.8. The molecule has 0 radical (unpaired) electrons. The average Bonchev–Trinajstić information content (AvgIpc) is 2.42. The summed E-state index contributed by atoms with van der Waals surface area (Å²) in [5.41, 5.74) is -0.806. The van der Waals surface area contributed by atoms with E-state index in [1.807, 2.05) is 0 Å². The molecule has 0 aromatic rings. The van der Waals surface area contributed by atoms with Gasteiger partial charge in [0, 0.05) is 26.7 Å². The first kappa shape index (κ1) is 14.3. The number of likely N-dealkylation sites (tertiary alicyclic amines) is 1. The first-order valence-electron chi connectivity index (χ1n) is 6.83. The predicted molar refractivity (Wildman–Crippen MR) is 68.4 cm³/mol. The van der Waals surface area contributed by atoms with Crippen LogP contribution in [0, 0.1) is 5.41 Å². The summed E-state index contributed by atoms with van der Waals surface area (Å²) in [5.74, 6) is -0.123. The molecule has 0 bridgehead atoms. The minimum Gasteiger partial charge on any atom is -0.392 e. The topological polar surface area (TPSA) is 78.9 Å². The predicted octanol–water partition coefficient (Wildman–Crippen LogP) is -0.487. The van der Waals surface area contributed by atoms with Gasteiger partial charge in [0.1, 0.15) is 0 Å². The summed E-state index contributed by atoms with van der Waals surface area (Å²) >= 11 is 0. The number of rotatable bonds is 3. The van der Waals surface area contributed by atoms with E-state index in [1.165, 1.54) is 0 Å². The smallest absolute Gasteiger partial charge is 0.230 e. The second-order valence-corrected chi connectivity index (χ2v) is 5.38. The lowest BCUT2D eigenvalue weighted by atomic mass is 9.71. The maximum atomic E-state index is 12.1. The van der Waals surface area contributed by atoms with Crippen LogP contribution in [0.3, 0.4) is 0 Å². The fourth-order valence-electron chi connectivity index (χ4n) is 3.00. The van der Waals surface area contributed by atoms with Gasteiger partial charge in [0.15, 0.2) is 0 Å². The molecule has 2 atom stereocenters. The van der Waals surface area contributed by atoms with E-state index < -0.39 is 11.5 Å². The maximum Gasteiger partial charge on any atom is 0.230 e. The van der Waals surface area contributed by atoms with Crippen molar-refractivity contribution < 1.29 is 19.4 Å². The zero-order valence-corrected chi connectivity index (χ0v) is 11.4. The standard InChI is InChI=1S/C13H22N2O4/c1-19-8-4-11(17)15-7-3-10(16)13(9-15)5-2-6-14-12(13)18/h10,16H,2-9H2,1H3,(H,14,18)/t10-,13-/m1/s1. The summed E-state index contributed by atoms with van der Waals surface area (Å²) in [6.07, 6.45) is 1.63. The van der Waals surface area contributed by atoms with Gasteiger partial charge in [-0.2, -0.15) is 0 Å². The number of aliphatic hydroxyl groups is 1. The number of carbonyl (C=O) groups excluding carboxylic acids is 2. The van der Waals surface area contributed by atoms with E-state index in [9.17, 15) is 14.7 Å². The zero-order valence-electron chi connectivity index (χ0n) is 11.4. The van der Waals surface area contributed by atoms with E-state index in [-0.39, 0.29) is 11.8 Å². The van der Waals surface area contributed by atoms with E-state index in [2.05, 4.69) is 5.32 Å². The molecule has 2 amide bonds. The van der Waals surface area contributed by atoms with Gasteiger partial charge in [-0.3, -0.25) is 9.59 Å². The third kappa shape index (κ3) is 2.74. The van der Waals surface area contributed by atoms with Crippen molar-refractivity contribution in [3.05, 3.63) is 0 Å². The van der Waals surface area contributed by atoms with Gasteiger partial charge in [-0.05, 0) is 19.3 Å². The van der Waals surface area contributed by atoms with Crippen molar-refractivity contribution in [1.29, 1.82) is 0 Å². The molecule has 2 N–H and O–H groups in total. The van der Waals surface area contributed by atoms with Gasteiger partial charge in [-0.25, -0.2) is 0 Å². The Morgan fingerprint density at radius 1 is 1.63 bits per heavy atom. The van der Waals surface area contributed by atoms with Crippen molar-refractivity contribution in [3.8, 4) is 0 Å². The molecule has 0 aliphatic carbocycles. The molecular formula is C13H22N2O4. The Bertz CT molecular complexity index is 361. The zero-order chi connectivity index (χ0) is 13.9. The molecule has 0 saturated carbocycles. The number of nitrogens with one attached hydrogen (secondary N) is 1. The lowest BCUT2D eigenvalue weighted by molar-refractivity contribution is -0.155. The van der Waals surface area contributed by atoms with Gasteiger partial charge in [-0.1, -0.05) is 0 Å². The Hall–Kier alpha value is -1.14. The van der Waals surface area contributed by atoms with Crippen LogP contribution in [0.25, 0.3) is 0 Å². The number of aliphatic hydroxyl groups excluding tert-OH is 1. The Labute approximate surface area is 113 Å². The number of amides is 2. The normalized spacial score (nSPS) is 31.4. The summed E-state index contributed by atoms with van der Waals surface area (Å²) in [6, 6.07) is 0. The van der Waals surface area contributed by atoms with E-state index >= 15 is 0 Å². The van der Waals surface area contributed by atoms with Crippen molar-refractivity contribution in [2.75, 3.05) is 33.4 Å². The van der Waals surface area contributed by atoms with Crippen molar-refractivity contribution in [2.24, 2.45) is 5.41 Å². The quantitative estimate of drug-likeness (QED) is 0.725. The second kappa shape index (κ2) is 5.88. The van der Waals surface area contributed by atoms with Crippen molar-refractivity contribution in [1.82, 2.24) is 10.2 Å².